The number of ether oxygens (including phenoxy) is 1. The Labute approximate surface area is 216 Å². The number of carbonyl (C=O) groups is 2. The SMILES string of the molecule is CC(=O)N1c2ccc(CC3CCN(C(=O)OC(C)(C)C)CC3)cc2[C@H](Nc2ccccc2)[C@@H](C)[C@@H]1C. The molecule has 2 aromatic carbocycles. The maximum Gasteiger partial charge on any atom is 0.410 e. The van der Waals surface area contributed by atoms with E-state index in [4.69, 9.17) is 4.74 Å². The first-order chi connectivity index (χ1) is 17.0. The summed E-state index contributed by atoms with van der Waals surface area (Å²) < 4.78 is 5.55. The molecule has 0 unspecified atom stereocenters. The van der Waals surface area contributed by atoms with Crippen molar-refractivity contribution in [3.63, 3.8) is 0 Å². The molecular weight excluding hydrogens is 450 g/mol. The van der Waals surface area contributed by atoms with Crippen LogP contribution in [0.5, 0.6) is 0 Å². The second-order valence-electron chi connectivity index (χ2n) is 11.5. The molecule has 2 aromatic rings. The van der Waals surface area contributed by atoms with Gasteiger partial charge >= 0.3 is 6.09 Å². The number of fused-ring (bicyclic) bond motifs is 1. The summed E-state index contributed by atoms with van der Waals surface area (Å²) in [5.41, 5.74) is 4.09. The fourth-order valence-electron chi connectivity index (χ4n) is 5.57. The molecular formula is C30H41N3O3. The highest BCUT2D eigenvalue weighted by Gasteiger charge is 2.38. The van der Waals surface area contributed by atoms with Crippen LogP contribution in [0.2, 0.25) is 0 Å². The molecule has 2 aliphatic heterocycles. The molecule has 0 aromatic heterocycles. The lowest BCUT2D eigenvalue weighted by Gasteiger charge is -2.44. The third-order valence-corrected chi connectivity index (χ3v) is 7.61. The molecule has 1 saturated heterocycles. The van der Waals surface area contributed by atoms with Crippen LogP contribution in [0.15, 0.2) is 48.5 Å². The number of rotatable bonds is 4. The summed E-state index contributed by atoms with van der Waals surface area (Å²) in [6.07, 6.45) is 2.69. The molecule has 0 aliphatic carbocycles. The van der Waals surface area contributed by atoms with Crippen LogP contribution in [0.25, 0.3) is 0 Å². The van der Waals surface area contributed by atoms with Gasteiger partial charge in [-0.1, -0.05) is 37.3 Å². The lowest BCUT2D eigenvalue weighted by molar-refractivity contribution is -0.117. The number of nitrogens with zero attached hydrogens (tertiary/aromatic N) is 2. The number of likely N-dealkylation sites (tertiary alicyclic amines) is 1. The number of carbonyl (C=O) groups excluding carboxylic acids is 2. The summed E-state index contributed by atoms with van der Waals surface area (Å²) in [4.78, 5) is 28.8. The van der Waals surface area contributed by atoms with Crippen molar-refractivity contribution in [2.24, 2.45) is 11.8 Å². The van der Waals surface area contributed by atoms with E-state index in [2.05, 4.69) is 49.5 Å². The molecule has 0 radical (unpaired) electrons. The van der Waals surface area contributed by atoms with Gasteiger partial charge in [-0.15, -0.1) is 0 Å². The Bertz CT molecular complexity index is 1070. The second kappa shape index (κ2) is 10.5. The maximum atomic E-state index is 12.6. The summed E-state index contributed by atoms with van der Waals surface area (Å²) >= 11 is 0. The van der Waals surface area contributed by atoms with Crippen LogP contribution in [0.3, 0.4) is 0 Å². The molecule has 1 N–H and O–H groups in total. The quantitative estimate of drug-likeness (QED) is 0.536. The number of hydrogen-bond donors (Lipinski definition) is 1. The predicted molar refractivity (Wildman–Crippen MR) is 145 cm³/mol. The summed E-state index contributed by atoms with van der Waals surface area (Å²) in [6, 6.07) is 17.1. The summed E-state index contributed by atoms with van der Waals surface area (Å²) in [6.45, 7) is 13.2. The Morgan fingerprint density at radius 1 is 1.03 bits per heavy atom. The van der Waals surface area contributed by atoms with Crippen LogP contribution in [0.4, 0.5) is 16.2 Å². The van der Waals surface area contributed by atoms with Crippen molar-refractivity contribution in [2.45, 2.75) is 78.5 Å². The predicted octanol–water partition coefficient (Wildman–Crippen LogP) is 6.42. The minimum atomic E-state index is -0.468. The summed E-state index contributed by atoms with van der Waals surface area (Å²) in [7, 11) is 0. The molecule has 2 aliphatic rings. The van der Waals surface area contributed by atoms with Crippen molar-refractivity contribution in [2.75, 3.05) is 23.3 Å². The average Bonchev–Trinajstić information content (AvgIpc) is 2.82. The standard InChI is InChI=1S/C30H41N3O3/c1-20-21(2)33(22(3)34)27-13-12-24(19-26(27)28(20)31-25-10-8-7-9-11-25)18-23-14-16-32(17-15-23)29(35)36-30(4,5)6/h7-13,19-21,23,28,31H,14-18H2,1-6H3/t20-,21-,28+/m0/s1. The van der Waals surface area contributed by atoms with Crippen molar-refractivity contribution < 1.29 is 14.3 Å². The van der Waals surface area contributed by atoms with Gasteiger partial charge in [0.15, 0.2) is 0 Å². The van der Waals surface area contributed by atoms with Crippen LogP contribution < -0.4 is 10.2 Å². The number of anilines is 2. The van der Waals surface area contributed by atoms with Crippen LogP contribution >= 0.6 is 0 Å². The van der Waals surface area contributed by atoms with E-state index in [1.165, 1.54) is 11.1 Å². The molecule has 3 atom stereocenters. The molecule has 2 amide bonds. The summed E-state index contributed by atoms with van der Waals surface area (Å²) in [5, 5.41) is 3.75. The van der Waals surface area contributed by atoms with Crippen LogP contribution in [-0.2, 0) is 16.0 Å². The monoisotopic (exact) mass is 491 g/mol. The highest BCUT2D eigenvalue weighted by Crippen LogP contribution is 2.43. The number of amides is 2. The number of piperidine rings is 1. The van der Waals surface area contributed by atoms with E-state index in [1.54, 1.807) is 6.92 Å². The number of para-hydroxylation sites is 1. The van der Waals surface area contributed by atoms with Gasteiger partial charge in [0.05, 0.1) is 6.04 Å². The Morgan fingerprint density at radius 3 is 2.31 bits per heavy atom. The Morgan fingerprint density at radius 2 is 1.69 bits per heavy atom. The second-order valence-corrected chi connectivity index (χ2v) is 11.5. The number of nitrogens with one attached hydrogen (secondary N) is 1. The number of benzene rings is 2. The van der Waals surface area contributed by atoms with E-state index in [0.717, 1.165) is 43.7 Å². The zero-order valence-electron chi connectivity index (χ0n) is 22.6. The van der Waals surface area contributed by atoms with E-state index < -0.39 is 5.60 Å². The Kier molecular flexibility index (Phi) is 7.62. The van der Waals surface area contributed by atoms with E-state index in [1.807, 2.05) is 48.8 Å². The Balaban J connectivity index is 1.52. The van der Waals surface area contributed by atoms with Gasteiger partial charge in [0.25, 0.3) is 0 Å². The van der Waals surface area contributed by atoms with Crippen LogP contribution in [0, 0.1) is 11.8 Å². The first-order valence-corrected chi connectivity index (χ1v) is 13.3. The van der Waals surface area contributed by atoms with Gasteiger partial charge < -0.3 is 19.9 Å². The molecule has 2 heterocycles. The topological polar surface area (TPSA) is 61.9 Å². The highest BCUT2D eigenvalue weighted by atomic mass is 16.6. The van der Waals surface area contributed by atoms with Crippen LogP contribution in [-0.4, -0.2) is 41.6 Å². The van der Waals surface area contributed by atoms with E-state index in [9.17, 15) is 9.59 Å². The normalized spacial score (nSPS) is 22.7. The fourth-order valence-corrected chi connectivity index (χ4v) is 5.57. The maximum absolute atomic E-state index is 12.6. The molecule has 0 saturated carbocycles. The van der Waals surface area contributed by atoms with Gasteiger partial charge in [0.2, 0.25) is 5.91 Å². The lowest BCUT2D eigenvalue weighted by atomic mass is 9.81. The van der Waals surface area contributed by atoms with Crippen molar-refractivity contribution in [1.29, 1.82) is 0 Å². The highest BCUT2D eigenvalue weighted by molar-refractivity contribution is 5.94. The van der Waals surface area contributed by atoms with E-state index in [-0.39, 0.29) is 30.0 Å². The average molecular weight is 492 g/mol. The molecule has 6 heteroatoms. The fraction of sp³-hybridized carbons (Fsp3) is 0.533. The first-order valence-electron chi connectivity index (χ1n) is 13.3. The van der Waals surface area contributed by atoms with Crippen molar-refractivity contribution in [1.82, 2.24) is 4.90 Å². The van der Waals surface area contributed by atoms with Crippen LogP contribution in [0.1, 0.15) is 71.6 Å². The summed E-state index contributed by atoms with van der Waals surface area (Å²) in [5.74, 6) is 0.844. The van der Waals surface area contributed by atoms with Crippen molar-refractivity contribution in [3.8, 4) is 0 Å². The zero-order valence-corrected chi connectivity index (χ0v) is 22.6. The largest absolute Gasteiger partial charge is 0.444 e. The third-order valence-electron chi connectivity index (χ3n) is 7.61. The van der Waals surface area contributed by atoms with Gasteiger partial charge in [-0.25, -0.2) is 4.79 Å². The van der Waals surface area contributed by atoms with Gasteiger partial charge in [0, 0.05) is 43.3 Å². The minimum Gasteiger partial charge on any atom is -0.444 e. The van der Waals surface area contributed by atoms with Crippen molar-refractivity contribution in [3.05, 3.63) is 59.7 Å². The van der Waals surface area contributed by atoms with Gasteiger partial charge in [-0.2, -0.15) is 0 Å². The molecule has 0 spiro atoms. The first kappa shape index (κ1) is 26.1. The molecule has 194 valence electrons. The van der Waals surface area contributed by atoms with E-state index >= 15 is 0 Å². The van der Waals surface area contributed by atoms with Gasteiger partial charge in [-0.3, -0.25) is 4.79 Å². The van der Waals surface area contributed by atoms with E-state index in [0.29, 0.717) is 5.92 Å². The van der Waals surface area contributed by atoms with Gasteiger partial charge in [-0.05, 0) is 82.2 Å². The molecule has 6 nitrogen and oxygen atoms in total. The van der Waals surface area contributed by atoms with Crippen molar-refractivity contribution >= 4 is 23.4 Å². The minimum absolute atomic E-state index is 0.0797. The van der Waals surface area contributed by atoms with Gasteiger partial charge in [0.1, 0.15) is 5.60 Å². The molecule has 0 bridgehead atoms. The molecule has 4 rings (SSSR count). The number of hydrogen-bond acceptors (Lipinski definition) is 4. The zero-order chi connectivity index (χ0) is 26.0. The lowest BCUT2D eigenvalue weighted by Crippen LogP contribution is -2.48. The third kappa shape index (κ3) is 5.85. The smallest absolute Gasteiger partial charge is 0.410 e. The molecule has 1 fully saturated rings. The Hall–Kier alpha value is -3.02. The molecule has 36 heavy (non-hydrogen) atoms.